The Balaban J connectivity index is 0.562. The molecule has 3 heterocycles. The fourth-order valence-electron chi connectivity index (χ4n) is 27.0. The zero-order valence-corrected chi connectivity index (χ0v) is 79.3. The molecule has 0 N–H and O–H groups in total. The molecule has 0 bridgehead atoms. The van der Waals surface area contributed by atoms with E-state index < -0.39 is 5.41 Å². The van der Waals surface area contributed by atoms with Crippen LogP contribution >= 0.6 is 0 Å². The molecule has 0 radical (unpaired) electrons. The van der Waals surface area contributed by atoms with E-state index in [2.05, 4.69) is 387 Å². The Morgan fingerprint density at radius 1 is 0.211 bits per heavy atom. The normalized spacial score (nSPS) is 16.2. The molecule has 133 heavy (non-hydrogen) atoms. The molecule has 7 aliphatic rings. The molecule has 7 aliphatic carbocycles. The van der Waals surface area contributed by atoms with Crippen molar-refractivity contribution in [2.24, 2.45) is 0 Å². The van der Waals surface area contributed by atoms with E-state index in [1.165, 1.54) is 271 Å². The van der Waals surface area contributed by atoms with E-state index >= 15 is 0 Å². The van der Waals surface area contributed by atoms with Crippen LogP contribution in [0.25, 0.3) is 177 Å². The minimum absolute atomic E-state index is 0.0328. The highest BCUT2D eigenvalue weighted by molar-refractivity contribution is 6.20. The average molecular weight is 1730 g/mol. The van der Waals surface area contributed by atoms with Crippen molar-refractivity contribution >= 4 is 82.9 Å². The number of benzene rings is 16. The average Bonchev–Trinajstić information content (AvgIpc) is 1.53. The van der Waals surface area contributed by atoms with Gasteiger partial charge >= 0.3 is 0 Å². The third kappa shape index (κ3) is 11.2. The van der Waals surface area contributed by atoms with Gasteiger partial charge in [-0.1, -0.05) is 331 Å². The molecule has 0 fully saturated rings. The highest BCUT2D eigenvalue weighted by atomic mass is 16.3. The van der Waals surface area contributed by atoms with E-state index in [0.29, 0.717) is 0 Å². The molecule has 26 rings (SSSR count). The molecule has 3 aromatic heterocycles. The van der Waals surface area contributed by atoms with E-state index in [4.69, 9.17) is 13.3 Å². The lowest BCUT2D eigenvalue weighted by Crippen LogP contribution is -2.25. The molecule has 0 unspecified atom stereocenters. The van der Waals surface area contributed by atoms with Crippen molar-refractivity contribution in [2.75, 3.05) is 4.90 Å². The monoisotopic (exact) mass is 1720 g/mol. The third-order valence-electron chi connectivity index (χ3n) is 34.2. The molecule has 0 saturated heterocycles. The molecular formula is C129H113NO3. The zero-order chi connectivity index (χ0) is 90.2. The lowest BCUT2D eigenvalue weighted by atomic mass is 9.70. The van der Waals surface area contributed by atoms with Crippen LogP contribution in [0.1, 0.15) is 252 Å². The third-order valence-corrected chi connectivity index (χ3v) is 34.2. The summed E-state index contributed by atoms with van der Waals surface area (Å²) in [5, 5.41) is 7.07. The number of hydrogen-bond acceptors (Lipinski definition) is 4. The largest absolute Gasteiger partial charge is 0.456 e. The quantitative estimate of drug-likeness (QED) is 0.0803. The first-order valence-corrected chi connectivity index (χ1v) is 49.5. The van der Waals surface area contributed by atoms with Gasteiger partial charge in [-0.05, 0) is 312 Å². The van der Waals surface area contributed by atoms with Crippen LogP contribution < -0.4 is 4.90 Å². The van der Waals surface area contributed by atoms with Crippen LogP contribution in [0.15, 0.2) is 298 Å². The van der Waals surface area contributed by atoms with Gasteiger partial charge in [0.05, 0.1) is 0 Å². The number of furan rings is 3. The molecule has 0 amide bonds. The Morgan fingerprint density at radius 2 is 0.541 bits per heavy atom. The van der Waals surface area contributed by atoms with E-state index in [9.17, 15) is 0 Å². The van der Waals surface area contributed by atoms with Crippen LogP contribution in [-0.2, 0) is 37.9 Å². The molecule has 4 heteroatoms. The molecule has 4 nitrogen and oxygen atoms in total. The topological polar surface area (TPSA) is 42.7 Å². The van der Waals surface area contributed by atoms with Gasteiger partial charge in [-0.25, -0.2) is 0 Å². The Morgan fingerprint density at radius 3 is 1.05 bits per heavy atom. The highest BCUT2D eigenvalue weighted by Gasteiger charge is 2.49. The van der Waals surface area contributed by atoms with Crippen LogP contribution in [0.2, 0.25) is 0 Å². The fraction of sp³-hybridized carbons (Fsp3) is 0.256. The lowest BCUT2D eigenvalue weighted by molar-refractivity contribution is 0.399. The second kappa shape index (κ2) is 28.4. The maximum atomic E-state index is 7.26. The highest BCUT2D eigenvalue weighted by Crippen LogP contribution is 2.65. The summed E-state index contributed by atoms with van der Waals surface area (Å²) in [5.41, 5.74) is 52.3. The van der Waals surface area contributed by atoms with Crippen LogP contribution in [0.4, 0.5) is 17.1 Å². The molecule has 0 atom stereocenters. The standard InChI is InChI=1S/C129H113NO3/c1-15-17-19-21-31-61-129(62-32-22-20-18-16-2)97-37-27-23-33-82(97)85-53-47-78(65-109(85)129)77-46-52-84-83-51-45-76(63-100(83)125(7,8)101(84)64-77)74-41-43-75(44-42-74)92-69-110-116(121-91-36-26-30-40-113(91)133-122(92)121)88-56-50-81(68-104(88)128(110,13)14)130(79-48-54-86-93-70-107-95(72-105(93)126(9,10)102(86)66-79)117-98(123(107,3)4)57-59-114-119(117)89-34-24-28-38-111(89)131-114)80-49-55-87-94-71-108-96(73-106(94)127(11,12)103(87)67-80)118-99(124(108,5)6)58-60-115-120(118)90-35-25-29-39-112(90)132-115/h23-30,33-60,63-73H,15-22,31-32,61-62H2,1-14H3. The van der Waals surface area contributed by atoms with Gasteiger partial charge < -0.3 is 18.2 Å². The predicted molar refractivity (Wildman–Crippen MR) is 558 cm³/mol. The summed E-state index contributed by atoms with van der Waals surface area (Å²) < 4.78 is 20.5. The maximum absolute atomic E-state index is 7.26. The molecule has 0 spiro atoms. The number of nitrogens with zero attached hydrogens (tertiary/aromatic N) is 1. The van der Waals surface area contributed by atoms with Gasteiger partial charge in [-0.3, -0.25) is 0 Å². The van der Waals surface area contributed by atoms with Gasteiger partial charge in [-0.2, -0.15) is 0 Å². The van der Waals surface area contributed by atoms with Crippen molar-refractivity contribution in [3.8, 4) is 111 Å². The second-order valence-electron chi connectivity index (χ2n) is 43.5. The van der Waals surface area contributed by atoms with Crippen LogP contribution in [0, 0.1) is 0 Å². The molecule has 19 aromatic rings. The Bertz CT molecular complexity index is 8030. The second-order valence-corrected chi connectivity index (χ2v) is 43.5. The fourth-order valence-corrected chi connectivity index (χ4v) is 27.0. The number of rotatable bonds is 18. The summed E-state index contributed by atoms with van der Waals surface area (Å²) in [6.07, 6.45) is 15.4. The van der Waals surface area contributed by atoms with Crippen molar-refractivity contribution < 1.29 is 13.3 Å². The Hall–Kier alpha value is -13.3. The van der Waals surface area contributed by atoms with E-state index in [1.807, 2.05) is 0 Å². The number of para-hydroxylation sites is 3. The van der Waals surface area contributed by atoms with Crippen molar-refractivity contribution in [1.82, 2.24) is 0 Å². The summed E-state index contributed by atoms with van der Waals surface area (Å²) in [4.78, 5) is 2.59. The van der Waals surface area contributed by atoms with E-state index in [1.54, 1.807) is 11.1 Å². The number of anilines is 3. The maximum Gasteiger partial charge on any atom is 0.143 e. The molecular weight excluding hydrogens is 1610 g/mol. The van der Waals surface area contributed by atoms with Crippen molar-refractivity contribution in [3.05, 3.63) is 363 Å². The van der Waals surface area contributed by atoms with Crippen molar-refractivity contribution in [3.63, 3.8) is 0 Å². The van der Waals surface area contributed by atoms with E-state index in [-0.39, 0.29) is 32.5 Å². The van der Waals surface area contributed by atoms with Crippen LogP contribution in [0.5, 0.6) is 0 Å². The number of fused-ring (bicyclic) bond motifs is 33. The van der Waals surface area contributed by atoms with Crippen molar-refractivity contribution in [1.29, 1.82) is 0 Å². The molecule has 16 aromatic carbocycles. The van der Waals surface area contributed by atoms with Gasteiger partial charge in [0.2, 0.25) is 0 Å². The first-order valence-electron chi connectivity index (χ1n) is 49.5. The van der Waals surface area contributed by atoms with Gasteiger partial charge in [0, 0.05) is 92.8 Å². The lowest BCUT2D eigenvalue weighted by Gasteiger charge is -2.33. The zero-order valence-electron chi connectivity index (χ0n) is 79.3. The van der Waals surface area contributed by atoms with Gasteiger partial charge in [-0.15, -0.1) is 0 Å². The predicted octanol–water partition coefficient (Wildman–Crippen LogP) is 36.7. The minimum Gasteiger partial charge on any atom is -0.456 e. The SMILES string of the molecule is CCCCCCCC1(CCCCCCC)c2ccccc2-c2ccc(-c3ccc4c(c3)C(C)(C)c3cc(-c5ccc(-c6cc7c(c8c6oc6ccccc68)-c6ccc(N(c8ccc9c(c8)C(C)(C)c8cc%10c(cc8-9)C(C)(C)c8ccc9oc%11ccccc%11c9c8-%10)c8ccc9c(c8)C(C)(C)c8cc%10c(cc8-9)C(C)(C)c8ccc9oc%11ccccc%11c9c8-%10)cc6C7(C)C)cc5)ccc3-4)cc21. The first kappa shape index (κ1) is 80.6. The van der Waals surface area contributed by atoms with Crippen molar-refractivity contribution in [2.45, 2.75) is 212 Å². The molecule has 0 aliphatic heterocycles. The summed E-state index contributed by atoms with van der Waals surface area (Å²) in [6.45, 7) is 34.0. The summed E-state index contributed by atoms with van der Waals surface area (Å²) >= 11 is 0. The number of hydrogen-bond donors (Lipinski definition) is 0. The molecule has 0 saturated carbocycles. The van der Waals surface area contributed by atoms with Crippen LogP contribution in [-0.4, -0.2) is 0 Å². The van der Waals surface area contributed by atoms with Gasteiger partial charge in [0.1, 0.15) is 33.5 Å². The summed E-state index contributed by atoms with van der Waals surface area (Å²) in [7, 11) is 0. The minimum atomic E-state index is -0.436. The Labute approximate surface area is 781 Å². The van der Waals surface area contributed by atoms with E-state index in [0.717, 1.165) is 67.1 Å². The summed E-state index contributed by atoms with van der Waals surface area (Å²) in [6, 6.07) is 111. The Kier molecular flexibility index (Phi) is 17.2. The number of unbranched alkanes of at least 4 members (excludes halogenated alkanes) is 8. The smallest absolute Gasteiger partial charge is 0.143 e. The molecule has 652 valence electrons. The first-order chi connectivity index (χ1) is 64.4. The van der Waals surface area contributed by atoms with Crippen LogP contribution in [0.3, 0.4) is 0 Å². The van der Waals surface area contributed by atoms with Gasteiger partial charge in [0.25, 0.3) is 0 Å². The van der Waals surface area contributed by atoms with Gasteiger partial charge in [0.15, 0.2) is 0 Å². The summed E-state index contributed by atoms with van der Waals surface area (Å²) in [5.74, 6) is 0.